The number of aromatic nitrogens is 1. The molecular formula is C14H21N3O2. The van der Waals surface area contributed by atoms with E-state index in [4.69, 9.17) is 0 Å². The summed E-state index contributed by atoms with van der Waals surface area (Å²) in [4.78, 5) is 18.3. The number of carbonyl (C=O) groups excluding carboxylic acids is 1. The molecule has 0 saturated heterocycles. The molecule has 19 heavy (non-hydrogen) atoms. The van der Waals surface area contributed by atoms with Gasteiger partial charge < -0.3 is 15.3 Å². The van der Waals surface area contributed by atoms with Crippen molar-refractivity contribution in [2.75, 3.05) is 19.0 Å². The Morgan fingerprint density at radius 2 is 2.05 bits per heavy atom. The molecule has 0 bridgehead atoms. The fourth-order valence-electron chi connectivity index (χ4n) is 2.41. The van der Waals surface area contributed by atoms with Gasteiger partial charge in [-0.2, -0.15) is 0 Å². The molecule has 1 saturated carbocycles. The van der Waals surface area contributed by atoms with Gasteiger partial charge in [-0.25, -0.2) is 4.98 Å². The number of rotatable bonds is 3. The van der Waals surface area contributed by atoms with Crippen LogP contribution in [0.25, 0.3) is 0 Å². The quantitative estimate of drug-likeness (QED) is 0.859. The minimum absolute atomic E-state index is 0.0850. The summed E-state index contributed by atoms with van der Waals surface area (Å²) in [7, 11) is 3.74. The number of hydrogen-bond acceptors (Lipinski definition) is 4. The lowest BCUT2D eigenvalue weighted by atomic mass is 9.93. The van der Waals surface area contributed by atoms with Crippen LogP contribution in [0.5, 0.6) is 0 Å². The molecule has 0 aliphatic heterocycles. The summed E-state index contributed by atoms with van der Waals surface area (Å²) in [5.41, 5.74) is 0.596. The third kappa shape index (κ3) is 3.44. The van der Waals surface area contributed by atoms with Crippen LogP contribution < -0.4 is 10.2 Å². The molecule has 104 valence electrons. The molecule has 0 atom stereocenters. The Morgan fingerprint density at radius 1 is 1.37 bits per heavy atom. The average Bonchev–Trinajstić information content (AvgIpc) is 2.41. The molecule has 1 heterocycles. The molecule has 0 aromatic carbocycles. The van der Waals surface area contributed by atoms with Gasteiger partial charge >= 0.3 is 0 Å². The Labute approximate surface area is 113 Å². The van der Waals surface area contributed by atoms with E-state index in [-0.39, 0.29) is 18.1 Å². The normalized spacial score (nSPS) is 22.9. The van der Waals surface area contributed by atoms with Crippen LogP contribution in [0.4, 0.5) is 5.82 Å². The van der Waals surface area contributed by atoms with Gasteiger partial charge in [-0.1, -0.05) is 0 Å². The van der Waals surface area contributed by atoms with Crippen LogP contribution in [0.1, 0.15) is 36.0 Å². The van der Waals surface area contributed by atoms with Crippen LogP contribution in [-0.4, -0.2) is 42.2 Å². The van der Waals surface area contributed by atoms with Gasteiger partial charge in [0.05, 0.1) is 11.7 Å². The van der Waals surface area contributed by atoms with Gasteiger partial charge in [0.1, 0.15) is 5.82 Å². The van der Waals surface area contributed by atoms with E-state index < -0.39 is 0 Å². The highest BCUT2D eigenvalue weighted by Gasteiger charge is 2.22. The predicted molar refractivity (Wildman–Crippen MR) is 74.3 cm³/mol. The second-order valence-electron chi connectivity index (χ2n) is 5.25. The molecule has 1 amide bonds. The molecule has 2 rings (SSSR count). The predicted octanol–water partition coefficient (Wildman–Crippen LogP) is 1.18. The van der Waals surface area contributed by atoms with Crippen molar-refractivity contribution in [3.8, 4) is 0 Å². The Bertz CT molecular complexity index is 440. The van der Waals surface area contributed by atoms with Crippen molar-refractivity contribution in [3.63, 3.8) is 0 Å². The van der Waals surface area contributed by atoms with Gasteiger partial charge in [-0.05, 0) is 37.8 Å². The number of aliphatic hydroxyl groups is 1. The Balaban J connectivity index is 2.04. The summed E-state index contributed by atoms with van der Waals surface area (Å²) in [6.07, 6.45) is 4.68. The number of amides is 1. The molecule has 0 spiro atoms. The molecule has 0 radical (unpaired) electrons. The van der Waals surface area contributed by atoms with Crippen molar-refractivity contribution in [2.45, 2.75) is 37.8 Å². The van der Waals surface area contributed by atoms with Crippen LogP contribution >= 0.6 is 0 Å². The van der Waals surface area contributed by atoms with E-state index in [1.165, 1.54) is 0 Å². The maximum Gasteiger partial charge on any atom is 0.255 e. The van der Waals surface area contributed by atoms with E-state index in [1.54, 1.807) is 18.3 Å². The Kier molecular flexibility index (Phi) is 4.37. The van der Waals surface area contributed by atoms with Gasteiger partial charge in [0, 0.05) is 26.3 Å². The fraction of sp³-hybridized carbons (Fsp3) is 0.571. The van der Waals surface area contributed by atoms with Crippen molar-refractivity contribution >= 4 is 11.7 Å². The molecule has 1 aliphatic carbocycles. The first-order valence-corrected chi connectivity index (χ1v) is 6.69. The molecule has 2 N–H and O–H groups in total. The van der Waals surface area contributed by atoms with Gasteiger partial charge in [-0.3, -0.25) is 4.79 Å². The van der Waals surface area contributed by atoms with Crippen molar-refractivity contribution in [3.05, 3.63) is 23.9 Å². The minimum Gasteiger partial charge on any atom is -0.393 e. The molecule has 1 aromatic rings. The van der Waals surface area contributed by atoms with E-state index in [0.717, 1.165) is 25.7 Å². The number of nitrogens with zero attached hydrogens (tertiary/aromatic N) is 2. The first kappa shape index (κ1) is 13.8. The first-order valence-electron chi connectivity index (χ1n) is 6.69. The van der Waals surface area contributed by atoms with Gasteiger partial charge in [0.25, 0.3) is 5.91 Å². The maximum atomic E-state index is 12.3. The van der Waals surface area contributed by atoms with Gasteiger partial charge in [0.15, 0.2) is 0 Å². The lowest BCUT2D eigenvalue weighted by Crippen LogP contribution is -2.39. The number of hydrogen-bond donors (Lipinski definition) is 2. The highest BCUT2D eigenvalue weighted by molar-refractivity contribution is 5.98. The zero-order chi connectivity index (χ0) is 13.8. The third-order valence-electron chi connectivity index (χ3n) is 3.49. The topological polar surface area (TPSA) is 65.5 Å². The Morgan fingerprint density at radius 3 is 2.68 bits per heavy atom. The Hall–Kier alpha value is -1.62. The molecule has 0 unspecified atom stereocenters. The molecular weight excluding hydrogens is 242 g/mol. The summed E-state index contributed by atoms with van der Waals surface area (Å²) in [6.45, 7) is 0. The van der Waals surface area contributed by atoms with Crippen molar-refractivity contribution < 1.29 is 9.90 Å². The number of nitrogens with one attached hydrogen (secondary N) is 1. The molecule has 1 fully saturated rings. The summed E-state index contributed by atoms with van der Waals surface area (Å²) < 4.78 is 0. The van der Waals surface area contributed by atoms with E-state index in [0.29, 0.717) is 11.4 Å². The van der Waals surface area contributed by atoms with Crippen molar-refractivity contribution in [1.29, 1.82) is 0 Å². The zero-order valence-electron chi connectivity index (χ0n) is 11.5. The van der Waals surface area contributed by atoms with Crippen LogP contribution in [-0.2, 0) is 0 Å². The monoisotopic (exact) mass is 263 g/mol. The summed E-state index contributed by atoms with van der Waals surface area (Å²) in [5.74, 6) is 0.592. The molecule has 1 aliphatic rings. The van der Waals surface area contributed by atoms with Crippen LogP contribution in [0.15, 0.2) is 18.3 Å². The van der Waals surface area contributed by atoms with Crippen molar-refractivity contribution in [1.82, 2.24) is 10.3 Å². The van der Waals surface area contributed by atoms with Gasteiger partial charge in [0.2, 0.25) is 0 Å². The second-order valence-corrected chi connectivity index (χ2v) is 5.25. The van der Waals surface area contributed by atoms with E-state index in [2.05, 4.69) is 10.3 Å². The summed E-state index contributed by atoms with van der Waals surface area (Å²) in [5, 5.41) is 12.5. The fourth-order valence-corrected chi connectivity index (χ4v) is 2.41. The van der Waals surface area contributed by atoms with Gasteiger partial charge in [-0.15, -0.1) is 0 Å². The summed E-state index contributed by atoms with van der Waals surface area (Å²) in [6, 6.07) is 3.72. The lowest BCUT2D eigenvalue weighted by molar-refractivity contribution is 0.0868. The molecule has 5 nitrogen and oxygen atoms in total. The third-order valence-corrected chi connectivity index (χ3v) is 3.49. The molecule has 1 aromatic heterocycles. The number of aliphatic hydroxyl groups excluding tert-OH is 1. The minimum atomic E-state index is -0.205. The van der Waals surface area contributed by atoms with E-state index >= 15 is 0 Å². The molecule has 5 heteroatoms. The average molecular weight is 263 g/mol. The lowest BCUT2D eigenvalue weighted by Gasteiger charge is -2.26. The number of anilines is 1. The van der Waals surface area contributed by atoms with E-state index in [9.17, 15) is 9.90 Å². The SMILES string of the molecule is CN(C)c1ncccc1C(=O)NC1CCC(O)CC1. The first-order chi connectivity index (χ1) is 9.08. The standard InChI is InChI=1S/C14H21N3O2/c1-17(2)13-12(4-3-9-15-13)14(19)16-10-5-7-11(18)8-6-10/h3-4,9-11,18H,5-8H2,1-2H3,(H,16,19). The van der Waals surface area contributed by atoms with Crippen LogP contribution in [0.3, 0.4) is 0 Å². The smallest absolute Gasteiger partial charge is 0.255 e. The van der Waals surface area contributed by atoms with Crippen molar-refractivity contribution in [2.24, 2.45) is 0 Å². The number of carbonyl (C=O) groups is 1. The van der Waals surface area contributed by atoms with Crippen LogP contribution in [0, 0.1) is 0 Å². The highest BCUT2D eigenvalue weighted by atomic mass is 16.3. The van der Waals surface area contributed by atoms with E-state index in [1.807, 2.05) is 19.0 Å². The van der Waals surface area contributed by atoms with Crippen LogP contribution in [0.2, 0.25) is 0 Å². The zero-order valence-corrected chi connectivity index (χ0v) is 11.5. The number of pyridine rings is 1. The highest BCUT2D eigenvalue weighted by Crippen LogP contribution is 2.20. The maximum absolute atomic E-state index is 12.3. The summed E-state index contributed by atoms with van der Waals surface area (Å²) >= 11 is 0. The largest absolute Gasteiger partial charge is 0.393 e. The second kappa shape index (κ2) is 6.02.